The van der Waals surface area contributed by atoms with Crippen LogP contribution in [0.2, 0.25) is 0 Å². The molecule has 0 aliphatic heterocycles. The molecule has 0 aliphatic carbocycles. The first-order valence-electron chi connectivity index (χ1n) is 3.47. The molecule has 1 aromatic heterocycles. The van der Waals surface area contributed by atoms with Crippen LogP contribution in [0.3, 0.4) is 0 Å². The fourth-order valence-corrected chi connectivity index (χ4v) is 1.42. The molecule has 5 heteroatoms. The molecule has 0 spiro atoms. The van der Waals surface area contributed by atoms with E-state index in [0.29, 0.717) is 10.9 Å². The molecule has 2 rings (SSSR count). The van der Waals surface area contributed by atoms with Crippen LogP contribution in [-0.2, 0) is 0 Å². The zero-order valence-corrected chi connectivity index (χ0v) is 7.91. The zero-order valence-electron chi connectivity index (χ0n) is 6.32. The minimum Gasteiger partial charge on any atom is -0.475 e. The molecule has 1 N–H and O–H groups in total. The van der Waals surface area contributed by atoms with Crippen LogP contribution < -0.4 is 0 Å². The Morgan fingerprint density at radius 2 is 2.31 bits per heavy atom. The molecule has 4 nitrogen and oxygen atoms in total. The highest BCUT2D eigenvalue weighted by atomic mass is 79.9. The van der Waals surface area contributed by atoms with Gasteiger partial charge in [0.25, 0.3) is 5.76 Å². The molecule has 1 aromatic carbocycles. The topological polar surface area (TPSA) is 63.3 Å². The van der Waals surface area contributed by atoms with Gasteiger partial charge in [0.05, 0.1) is 5.39 Å². The minimum atomic E-state index is -1.11. The van der Waals surface area contributed by atoms with Crippen LogP contribution >= 0.6 is 15.9 Å². The second-order valence-electron chi connectivity index (χ2n) is 2.48. The van der Waals surface area contributed by atoms with Crippen LogP contribution in [0.15, 0.2) is 27.2 Å². The number of carbonyl (C=O) groups is 1. The summed E-state index contributed by atoms with van der Waals surface area (Å²) in [5.41, 5.74) is 0.534. The van der Waals surface area contributed by atoms with Gasteiger partial charge in [-0.05, 0) is 18.2 Å². The minimum absolute atomic E-state index is 0.123. The summed E-state index contributed by atoms with van der Waals surface area (Å²) in [6.07, 6.45) is 0. The number of aromatic carboxylic acids is 1. The van der Waals surface area contributed by atoms with Crippen LogP contribution in [0, 0.1) is 0 Å². The van der Waals surface area contributed by atoms with Crippen molar-refractivity contribution in [3.8, 4) is 0 Å². The van der Waals surface area contributed by atoms with E-state index in [1.165, 1.54) is 0 Å². The Balaban J connectivity index is 2.76. The third-order valence-electron chi connectivity index (χ3n) is 1.63. The highest BCUT2D eigenvalue weighted by Crippen LogP contribution is 2.21. The summed E-state index contributed by atoms with van der Waals surface area (Å²) in [5.74, 6) is -1.23. The predicted octanol–water partition coefficient (Wildman–Crippen LogP) is 2.29. The van der Waals surface area contributed by atoms with E-state index >= 15 is 0 Å². The summed E-state index contributed by atoms with van der Waals surface area (Å²) in [7, 11) is 0. The van der Waals surface area contributed by atoms with E-state index in [2.05, 4.69) is 25.6 Å². The summed E-state index contributed by atoms with van der Waals surface area (Å²) in [6, 6.07) is 5.09. The van der Waals surface area contributed by atoms with Gasteiger partial charge in [-0.1, -0.05) is 21.1 Å². The lowest BCUT2D eigenvalue weighted by molar-refractivity contribution is 0.0655. The van der Waals surface area contributed by atoms with Crippen molar-refractivity contribution in [2.45, 2.75) is 0 Å². The normalized spacial score (nSPS) is 10.5. The van der Waals surface area contributed by atoms with Gasteiger partial charge in [-0.15, -0.1) is 0 Å². The maximum absolute atomic E-state index is 10.6. The Morgan fingerprint density at radius 3 is 3.00 bits per heavy atom. The van der Waals surface area contributed by atoms with Gasteiger partial charge in [0.1, 0.15) is 5.52 Å². The molecule has 0 radical (unpaired) electrons. The lowest BCUT2D eigenvalue weighted by atomic mass is 10.2. The largest absolute Gasteiger partial charge is 0.475 e. The molecule has 0 amide bonds. The SMILES string of the molecule is O=C(O)c1onc2cc(Br)ccc12. The molecule has 0 unspecified atom stereocenters. The third-order valence-corrected chi connectivity index (χ3v) is 2.13. The summed E-state index contributed by atoms with van der Waals surface area (Å²) in [4.78, 5) is 10.6. The molecule has 0 saturated carbocycles. The Kier molecular flexibility index (Phi) is 1.81. The van der Waals surface area contributed by atoms with Crippen molar-refractivity contribution in [3.63, 3.8) is 0 Å². The van der Waals surface area contributed by atoms with Gasteiger partial charge in [-0.25, -0.2) is 4.79 Å². The zero-order chi connectivity index (χ0) is 9.42. The average molecular weight is 242 g/mol. The smallest absolute Gasteiger partial charge is 0.375 e. The van der Waals surface area contributed by atoms with Crippen LogP contribution in [0.4, 0.5) is 0 Å². The Bertz CT molecular complexity index is 477. The maximum atomic E-state index is 10.6. The molecule has 0 bridgehead atoms. The molecule has 0 saturated heterocycles. The molecule has 66 valence electrons. The first kappa shape index (κ1) is 8.25. The van der Waals surface area contributed by atoms with Gasteiger partial charge < -0.3 is 9.63 Å². The summed E-state index contributed by atoms with van der Waals surface area (Å²) in [5, 5.41) is 12.8. The van der Waals surface area contributed by atoms with Gasteiger partial charge in [-0.3, -0.25) is 0 Å². The summed E-state index contributed by atoms with van der Waals surface area (Å²) < 4.78 is 5.50. The van der Waals surface area contributed by atoms with Crippen LogP contribution in [0.1, 0.15) is 10.6 Å². The number of carboxylic acids is 1. The number of hydrogen-bond acceptors (Lipinski definition) is 3. The lowest BCUT2D eigenvalue weighted by Crippen LogP contribution is -1.93. The van der Waals surface area contributed by atoms with Crippen molar-refractivity contribution in [1.82, 2.24) is 5.16 Å². The molecule has 1 heterocycles. The predicted molar refractivity (Wildman–Crippen MR) is 48.7 cm³/mol. The van der Waals surface area contributed by atoms with E-state index in [1.807, 2.05) is 0 Å². The van der Waals surface area contributed by atoms with E-state index in [0.717, 1.165) is 4.47 Å². The van der Waals surface area contributed by atoms with E-state index in [9.17, 15) is 4.79 Å². The van der Waals surface area contributed by atoms with E-state index in [1.54, 1.807) is 18.2 Å². The first-order valence-corrected chi connectivity index (χ1v) is 4.26. The second-order valence-corrected chi connectivity index (χ2v) is 3.39. The van der Waals surface area contributed by atoms with E-state index in [-0.39, 0.29) is 5.76 Å². The number of carboxylic acid groups (broad SMARTS) is 1. The number of rotatable bonds is 1. The fourth-order valence-electron chi connectivity index (χ4n) is 1.07. The maximum Gasteiger partial charge on any atom is 0.375 e. The average Bonchev–Trinajstić information content (AvgIpc) is 2.46. The van der Waals surface area contributed by atoms with Gasteiger partial charge in [-0.2, -0.15) is 0 Å². The number of hydrogen-bond donors (Lipinski definition) is 1. The molecular weight excluding hydrogens is 238 g/mol. The van der Waals surface area contributed by atoms with Gasteiger partial charge in [0.15, 0.2) is 0 Å². The van der Waals surface area contributed by atoms with Gasteiger partial charge in [0, 0.05) is 4.47 Å². The van der Waals surface area contributed by atoms with Crippen molar-refractivity contribution in [2.24, 2.45) is 0 Å². The number of halogens is 1. The Hall–Kier alpha value is -1.36. The van der Waals surface area contributed by atoms with Crippen molar-refractivity contribution in [2.75, 3.05) is 0 Å². The standard InChI is InChI=1S/C8H4BrNO3/c9-4-1-2-5-6(3-4)10-13-7(5)8(11)12/h1-3H,(H,11,12). The van der Waals surface area contributed by atoms with Crippen molar-refractivity contribution in [3.05, 3.63) is 28.4 Å². The van der Waals surface area contributed by atoms with Crippen molar-refractivity contribution >= 4 is 32.8 Å². The summed E-state index contributed by atoms with van der Waals surface area (Å²) >= 11 is 3.25. The molecule has 0 fully saturated rings. The highest BCUT2D eigenvalue weighted by molar-refractivity contribution is 9.10. The fraction of sp³-hybridized carbons (Fsp3) is 0. The Labute approximate surface area is 81.3 Å². The molecular formula is C8H4BrNO3. The number of aromatic nitrogens is 1. The quantitative estimate of drug-likeness (QED) is 0.833. The molecule has 0 atom stereocenters. The van der Waals surface area contributed by atoms with Crippen LogP contribution in [0.25, 0.3) is 10.9 Å². The van der Waals surface area contributed by atoms with Gasteiger partial charge in [0.2, 0.25) is 0 Å². The molecule has 0 aliphatic rings. The monoisotopic (exact) mass is 241 g/mol. The van der Waals surface area contributed by atoms with Crippen molar-refractivity contribution < 1.29 is 14.4 Å². The van der Waals surface area contributed by atoms with E-state index < -0.39 is 5.97 Å². The van der Waals surface area contributed by atoms with Crippen molar-refractivity contribution in [1.29, 1.82) is 0 Å². The van der Waals surface area contributed by atoms with Crippen LogP contribution in [-0.4, -0.2) is 16.2 Å². The Morgan fingerprint density at radius 1 is 1.54 bits per heavy atom. The number of benzene rings is 1. The first-order chi connectivity index (χ1) is 6.18. The van der Waals surface area contributed by atoms with Gasteiger partial charge >= 0.3 is 5.97 Å². The molecule has 2 aromatic rings. The van der Waals surface area contributed by atoms with E-state index in [4.69, 9.17) is 5.11 Å². The summed E-state index contributed by atoms with van der Waals surface area (Å²) in [6.45, 7) is 0. The number of nitrogens with zero attached hydrogens (tertiary/aromatic N) is 1. The number of fused-ring (bicyclic) bond motifs is 1. The highest BCUT2D eigenvalue weighted by Gasteiger charge is 2.14. The van der Waals surface area contributed by atoms with Crippen LogP contribution in [0.5, 0.6) is 0 Å². The second kappa shape index (κ2) is 2.85. The third kappa shape index (κ3) is 1.31. The lowest BCUT2D eigenvalue weighted by Gasteiger charge is -1.88. The molecule has 13 heavy (non-hydrogen) atoms.